The Bertz CT molecular complexity index is 1300. The largest absolute Gasteiger partial charge is 0.324 e. The third-order valence-electron chi connectivity index (χ3n) is 5.55. The Labute approximate surface area is 194 Å². The average molecular weight is 457 g/mol. The first-order valence-corrected chi connectivity index (χ1v) is 10.4. The van der Waals surface area contributed by atoms with E-state index in [4.69, 9.17) is 0 Å². The number of nitrogens with zero attached hydrogens (tertiary/aromatic N) is 2. The number of hydrogen-bond donors (Lipinski definition) is 1. The Hall–Kier alpha value is -4.66. The molecule has 0 aromatic heterocycles. The van der Waals surface area contributed by atoms with Crippen LogP contribution in [0.2, 0.25) is 0 Å². The lowest BCUT2D eigenvalue weighted by molar-refractivity contribution is -0.384. The molecule has 3 aromatic rings. The van der Waals surface area contributed by atoms with Gasteiger partial charge in [-0.25, -0.2) is 0 Å². The molecule has 3 aromatic carbocycles. The summed E-state index contributed by atoms with van der Waals surface area (Å²) in [4.78, 5) is 62.5. The number of nitrogens with one attached hydrogen (secondary N) is 1. The van der Waals surface area contributed by atoms with Crippen molar-refractivity contribution < 1.29 is 24.1 Å². The number of amides is 3. The van der Waals surface area contributed by atoms with E-state index in [-0.39, 0.29) is 29.0 Å². The summed E-state index contributed by atoms with van der Waals surface area (Å²) in [5.41, 5.74) is 1.54. The predicted molar refractivity (Wildman–Crippen MR) is 123 cm³/mol. The number of carbonyl (C=O) groups excluding carboxylic acids is 4. The monoisotopic (exact) mass is 457 g/mol. The van der Waals surface area contributed by atoms with Crippen LogP contribution in [0.1, 0.15) is 43.6 Å². The van der Waals surface area contributed by atoms with Crippen LogP contribution < -0.4 is 5.32 Å². The minimum absolute atomic E-state index is 0.0539. The van der Waals surface area contributed by atoms with Gasteiger partial charge in [0.05, 0.1) is 16.1 Å². The maximum Gasteiger partial charge on any atom is 0.269 e. The molecule has 0 saturated carbocycles. The molecular weight excluding hydrogens is 438 g/mol. The van der Waals surface area contributed by atoms with E-state index in [2.05, 4.69) is 5.32 Å². The molecule has 0 saturated heterocycles. The molecule has 3 amide bonds. The Morgan fingerprint density at radius 3 is 2.12 bits per heavy atom. The van der Waals surface area contributed by atoms with Gasteiger partial charge in [0.1, 0.15) is 6.04 Å². The number of hydrogen-bond acceptors (Lipinski definition) is 6. The third-order valence-corrected chi connectivity index (χ3v) is 5.55. The van der Waals surface area contributed by atoms with E-state index in [0.717, 1.165) is 4.90 Å². The van der Waals surface area contributed by atoms with Crippen molar-refractivity contribution in [2.75, 3.05) is 5.32 Å². The number of anilines is 1. The molecule has 34 heavy (non-hydrogen) atoms. The molecule has 9 nitrogen and oxygen atoms in total. The van der Waals surface area contributed by atoms with Crippen LogP contribution in [0, 0.1) is 10.1 Å². The van der Waals surface area contributed by atoms with Crippen LogP contribution >= 0.6 is 0 Å². The molecule has 1 aliphatic heterocycles. The number of benzene rings is 3. The Kier molecular flexibility index (Phi) is 6.01. The number of imide groups is 1. The summed E-state index contributed by atoms with van der Waals surface area (Å²) in [6.45, 7) is 1.40. The third kappa shape index (κ3) is 4.31. The molecule has 170 valence electrons. The maximum atomic E-state index is 13.4. The highest BCUT2D eigenvalue weighted by molar-refractivity contribution is 6.23. The fourth-order valence-corrected chi connectivity index (χ4v) is 3.81. The Morgan fingerprint density at radius 1 is 0.941 bits per heavy atom. The number of rotatable bonds is 7. The molecule has 0 bridgehead atoms. The number of nitro benzene ring substituents is 1. The molecule has 1 aliphatic rings. The minimum Gasteiger partial charge on any atom is -0.324 e. The van der Waals surface area contributed by atoms with Crippen LogP contribution in [0.5, 0.6) is 0 Å². The van der Waals surface area contributed by atoms with E-state index in [1.807, 2.05) is 0 Å². The molecule has 0 unspecified atom stereocenters. The van der Waals surface area contributed by atoms with Crippen LogP contribution in [0.25, 0.3) is 0 Å². The van der Waals surface area contributed by atoms with Crippen molar-refractivity contribution in [3.63, 3.8) is 0 Å². The summed E-state index contributed by atoms with van der Waals surface area (Å²) < 4.78 is 0. The predicted octanol–water partition coefficient (Wildman–Crippen LogP) is 3.64. The first kappa shape index (κ1) is 22.5. The lowest BCUT2D eigenvalue weighted by Crippen LogP contribution is -2.48. The average Bonchev–Trinajstić information content (AvgIpc) is 3.08. The smallest absolute Gasteiger partial charge is 0.269 e. The van der Waals surface area contributed by atoms with Crippen LogP contribution in [0.4, 0.5) is 11.4 Å². The van der Waals surface area contributed by atoms with Crippen LogP contribution in [-0.4, -0.2) is 39.4 Å². The number of carbonyl (C=O) groups is 4. The maximum absolute atomic E-state index is 13.4. The van der Waals surface area contributed by atoms with Crippen molar-refractivity contribution in [2.45, 2.75) is 19.4 Å². The van der Waals surface area contributed by atoms with Gasteiger partial charge >= 0.3 is 0 Å². The highest BCUT2D eigenvalue weighted by Gasteiger charge is 2.42. The second-order valence-corrected chi connectivity index (χ2v) is 7.80. The lowest BCUT2D eigenvalue weighted by Gasteiger charge is -2.25. The van der Waals surface area contributed by atoms with Crippen molar-refractivity contribution >= 4 is 34.9 Å². The van der Waals surface area contributed by atoms with Gasteiger partial charge in [0.15, 0.2) is 5.78 Å². The van der Waals surface area contributed by atoms with Gasteiger partial charge < -0.3 is 5.32 Å². The summed E-state index contributed by atoms with van der Waals surface area (Å²) in [6, 6.07) is 16.9. The van der Waals surface area contributed by atoms with E-state index in [0.29, 0.717) is 16.8 Å². The van der Waals surface area contributed by atoms with Crippen molar-refractivity contribution in [3.05, 3.63) is 105 Å². The number of ketones is 1. The van der Waals surface area contributed by atoms with E-state index in [1.54, 1.807) is 30.3 Å². The zero-order valence-corrected chi connectivity index (χ0v) is 18.1. The quantitative estimate of drug-likeness (QED) is 0.250. The van der Waals surface area contributed by atoms with E-state index in [9.17, 15) is 29.3 Å². The summed E-state index contributed by atoms with van der Waals surface area (Å²) >= 11 is 0. The van der Waals surface area contributed by atoms with Crippen LogP contribution in [0.3, 0.4) is 0 Å². The number of non-ortho nitro benzene ring substituents is 1. The van der Waals surface area contributed by atoms with Crippen molar-refractivity contribution in [3.8, 4) is 0 Å². The summed E-state index contributed by atoms with van der Waals surface area (Å²) in [6.07, 6.45) is -0.0539. The second kappa shape index (κ2) is 9.07. The lowest BCUT2D eigenvalue weighted by atomic mass is 10.0. The van der Waals surface area contributed by atoms with Crippen molar-refractivity contribution in [1.82, 2.24) is 4.90 Å². The normalized spacial score (nSPS) is 13.4. The van der Waals surface area contributed by atoms with Gasteiger partial charge in [0.25, 0.3) is 17.5 Å². The standard InChI is InChI=1S/C25H19N3O6/c1-15(29)17-5-4-6-18(14-17)26-23(30)22(13-16-9-11-19(12-10-16)28(33)34)27-24(31)20-7-2-3-8-21(20)25(27)32/h2-12,14,22H,13H2,1H3,(H,26,30)/t22-/m1/s1. The first-order valence-electron chi connectivity index (χ1n) is 10.4. The van der Waals surface area contributed by atoms with Gasteiger partial charge in [-0.05, 0) is 36.8 Å². The van der Waals surface area contributed by atoms with Gasteiger partial charge in [-0.15, -0.1) is 0 Å². The molecule has 1 N–H and O–H groups in total. The molecule has 1 atom stereocenters. The Balaban J connectivity index is 1.68. The highest BCUT2D eigenvalue weighted by atomic mass is 16.6. The zero-order chi connectivity index (χ0) is 24.4. The summed E-state index contributed by atoms with van der Waals surface area (Å²) in [7, 11) is 0. The molecule has 4 rings (SSSR count). The molecule has 0 spiro atoms. The highest BCUT2D eigenvalue weighted by Crippen LogP contribution is 2.27. The fourth-order valence-electron chi connectivity index (χ4n) is 3.81. The fraction of sp³-hybridized carbons (Fsp3) is 0.120. The van der Waals surface area contributed by atoms with Crippen LogP contribution in [-0.2, 0) is 11.2 Å². The second-order valence-electron chi connectivity index (χ2n) is 7.80. The molecular formula is C25H19N3O6. The molecule has 0 radical (unpaired) electrons. The SMILES string of the molecule is CC(=O)c1cccc(NC(=O)[C@@H](Cc2ccc([N+](=O)[O-])cc2)N2C(=O)c3ccccc3C2=O)c1. The van der Waals surface area contributed by atoms with Crippen LogP contribution in [0.15, 0.2) is 72.8 Å². The van der Waals surface area contributed by atoms with Gasteiger partial charge in [-0.2, -0.15) is 0 Å². The van der Waals surface area contributed by atoms with E-state index >= 15 is 0 Å². The molecule has 9 heteroatoms. The Morgan fingerprint density at radius 2 is 1.56 bits per heavy atom. The van der Waals surface area contributed by atoms with Crippen molar-refractivity contribution in [2.24, 2.45) is 0 Å². The van der Waals surface area contributed by atoms with Gasteiger partial charge in [-0.1, -0.05) is 36.4 Å². The number of nitro groups is 1. The van der Waals surface area contributed by atoms with E-state index < -0.39 is 28.7 Å². The van der Waals surface area contributed by atoms with E-state index in [1.165, 1.54) is 49.4 Å². The van der Waals surface area contributed by atoms with Crippen molar-refractivity contribution in [1.29, 1.82) is 0 Å². The minimum atomic E-state index is -1.23. The van der Waals surface area contributed by atoms with Gasteiger partial charge in [0.2, 0.25) is 5.91 Å². The molecule has 0 aliphatic carbocycles. The van der Waals surface area contributed by atoms with Gasteiger partial charge in [-0.3, -0.25) is 34.2 Å². The zero-order valence-electron chi connectivity index (χ0n) is 18.1. The van der Waals surface area contributed by atoms with Gasteiger partial charge in [0, 0.05) is 29.8 Å². The topological polar surface area (TPSA) is 127 Å². The molecule has 1 heterocycles. The number of fused-ring (bicyclic) bond motifs is 1. The first-order chi connectivity index (χ1) is 16.3. The summed E-state index contributed by atoms with van der Waals surface area (Å²) in [5.74, 6) is -2.01. The number of Topliss-reactive ketones (excluding diaryl/α,β-unsaturated/α-hetero) is 1. The molecule has 0 fully saturated rings. The summed E-state index contributed by atoms with van der Waals surface area (Å²) in [5, 5.41) is 13.6.